The minimum Gasteiger partial charge on any atom is -0.437 e. The molecule has 0 radical (unpaired) electrons. The van der Waals surface area contributed by atoms with Crippen LogP contribution in [0, 0.1) is 0 Å². The van der Waals surface area contributed by atoms with Crippen LogP contribution in [-0.2, 0) is 6.42 Å². The second-order valence-corrected chi connectivity index (χ2v) is 6.73. The van der Waals surface area contributed by atoms with Crippen LogP contribution in [0.4, 0.5) is 0 Å². The SMILES string of the molecule is CCCc1nc2oc3ccc(Cl)cc3c(=O)c2c2nc3ccccc3n12. The van der Waals surface area contributed by atoms with Gasteiger partial charge in [-0.05, 0) is 36.8 Å². The predicted molar refractivity (Wildman–Crippen MR) is 103 cm³/mol. The second kappa shape index (κ2) is 5.54. The number of benzene rings is 2. The smallest absolute Gasteiger partial charge is 0.236 e. The summed E-state index contributed by atoms with van der Waals surface area (Å²) in [7, 11) is 0. The van der Waals surface area contributed by atoms with Crippen molar-refractivity contribution in [1.29, 1.82) is 0 Å². The monoisotopic (exact) mass is 363 g/mol. The van der Waals surface area contributed by atoms with Crippen molar-refractivity contribution in [3.63, 3.8) is 0 Å². The van der Waals surface area contributed by atoms with Gasteiger partial charge in [0.15, 0.2) is 5.65 Å². The number of para-hydroxylation sites is 2. The van der Waals surface area contributed by atoms with E-state index >= 15 is 0 Å². The molecule has 5 nitrogen and oxygen atoms in total. The molecule has 0 amide bonds. The van der Waals surface area contributed by atoms with Crippen LogP contribution in [0.2, 0.25) is 5.02 Å². The minimum atomic E-state index is -0.167. The van der Waals surface area contributed by atoms with E-state index in [1.165, 1.54) is 0 Å². The highest BCUT2D eigenvalue weighted by molar-refractivity contribution is 6.31. The van der Waals surface area contributed by atoms with Crippen LogP contribution >= 0.6 is 11.6 Å². The van der Waals surface area contributed by atoms with E-state index in [0.29, 0.717) is 32.7 Å². The van der Waals surface area contributed by atoms with Crippen LogP contribution in [0.5, 0.6) is 0 Å². The first-order valence-electron chi connectivity index (χ1n) is 8.49. The molecule has 6 heteroatoms. The van der Waals surface area contributed by atoms with Crippen LogP contribution in [0.3, 0.4) is 0 Å². The molecule has 0 aliphatic rings. The van der Waals surface area contributed by atoms with Gasteiger partial charge < -0.3 is 4.42 Å². The van der Waals surface area contributed by atoms with Gasteiger partial charge in [0.1, 0.15) is 16.8 Å². The van der Waals surface area contributed by atoms with Gasteiger partial charge in [-0.15, -0.1) is 0 Å². The van der Waals surface area contributed by atoms with E-state index in [4.69, 9.17) is 21.0 Å². The highest BCUT2D eigenvalue weighted by atomic mass is 35.5. The van der Waals surface area contributed by atoms with Crippen molar-refractivity contribution in [1.82, 2.24) is 14.4 Å². The van der Waals surface area contributed by atoms with Crippen molar-refractivity contribution in [2.45, 2.75) is 19.8 Å². The summed E-state index contributed by atoms with van der Waals surface area (Å²) in [6.07, 6.45) is 1.68. The van der Waals surface area contributed by atoms with Gasteiger partial charge in [0.25, 0.3) is 0 Å². The van der Waals surface area contributed by atoms with E-state index in [2.05, 4.69) is 11.9 Å². The zero-order valence-electron chi connectivity index (χ0n) is 14.0. The number of rotatable bonds is 2. The van der Waals surface area contributed by atoms with Gasteiger partial charge in [-0.2, -0.15) is 4.98 Å². The lowest BCUT2D eigenvalue weighted by atomic mass is 10.2. The van der Waals surface area contributed by atoms with E-state index in [9.17, 15) is 4.79 Å². The Bertz CT molecular complexity index is 1380. The zero-order valence-corrected chi connectivity index (χ0v) is 14.7. The Hall–Kier alpha value is -2.92. The maximum absolute atomic E-state index is 13.2. The summed E-state index contributed by atoms with van der Waals surface area (Å²) >= 11 is 6.07. The number of nitrogens with zero attached hydrogens (tertiary/aromatic N) is 3. The number of hydrogen-bond donors (Lipinski definition) is 0. The molecular weight excluding hydrogens is 350 g/mol. The molecule has 0 N–H and O–H groups in total. The first kappa shape index (κ1) is 15.3. The van der Waals surface area contributed by atoms with Gasteiger partial charge in [0.05, 0.1) is 16.4 Å². The van der Waals surface area contributed by atoms with Crippen LogP contribution < -0.4 is 5.43 Å². The molecule has 5 aromatic rings. The van der Waals surface area contributed by atoms with Gasteiger partial charge in [-0.3, -0.25) is 9.20 Å². The van der Waals surface area contributed by atoms with Crippen LogP contribution in [-0.4, -0.2) is 14.4 Å². The van der Waals surface area contributed by atoms with Gasteiger partial charge in [-0.25, -0.2) is 4.98 Å². The van der Waals surface area contributed by atoms with Crippen LogP contribution in [0.15, 0.2) is 51.7 Å². The number of imidazole rings is 1. The van der Waals surface area contributed by atoms with E-state index in [0.717, 1.165) is 29.7 Å². The lowest BCUT2D eigenvalue weighted by Crippen LogP contribution is -2.09. The Kier molecular flexibility index (Phi) is 3.27. The fourth-order valence-electron chi connectivity index (χ4n) is 3.45. The van der Waals surface area contributed by atoms with E-state index < -0.39 is 0 Å². The lowest BCUT2D eigenvalue weighted by molar-refractivity contribution is 0.637. The summed E-state index contributed by atoms with van der Waals surface area (Å²) in [5.41, 5.74) is 2.96. The molecular formula is C20H14ClN3O2. The van der Waals surface area contributed by atoms with Crippen molar-refractivity contribution in [2.24, 2.45) is 0 Å². The summed E-state index contributed by atoms with van der Waals surface area (Å²) < 4.78 is 7.92. The number of aryl methyl sites for hydroxylation is 1. The Labute approximate surface area is 152 Å². The normalized spacial score (nSPS) is 11.9. The van der Waals surface area contributed by atoms with Gasteiger partial charge >= 0.3 is 0 Å². The highest BCUT2D eigenvalue weighted by Crippen LogP contribution is 2.26. The van der Waals surface area contributed by atoms with E-state index in [1.54, 1.807) is 18.2 Å². The predicted octanol–water partition coefficient (Wildman–Crippen LogP) is 4.75. The molecule has 0 fully saturated rings. The first-order chi connectivity index (χ1) is 12.7. The van der Waals surface area contributed by atoms with Crippen molar-refractivity contribution < 1.29 is 4.42 Å². The minimum absolute atomic E-state index is 0.167. The Balaban J connectivity index is 2.07. The highest BCUT2D eigenvalue weighted by Gasteiger charge is 2.19. The second-order valence-electron chi connectivity index (χ2n) is 6.29. The molecule has 0 bridgehead atoms. The summed E-state index contributed by atoms with van der Waals surface area (Å²) in [5, 5.41) is 1.31. The molecule has 0 unspecified atom stereocenters. The molecule has 0 aliphatic heterocycles. The van der Waals surface area contributed by atoms with Gasteiger partial charge in [0, 0.05) is 11.4 Å². The average molecular weight is 364 g/mol. The van der Waals surface area contributed by atoms with Gasteiger partial charge in [0.2, 0.25) is 11.1 Å². The average Bonchev–Trinajstić information content (AvgIpc) is 3.02. The standard InChI is InChI=1S/C20H14ClN3O2/c1-2-5-16-23-20-17(18(25)12-10-11(21)8-9-15(12)26-20)19-22-13-6-3-4-7-14(13)24(16)19/h3-4,6-10H,2,5H2,1H3. The Morgan fingerprint density at radius 3 is 2.85 bits per heavy atom. The van der Waals surface area contributed by atoms with Crippen molar-refractivity contribution in [3.8, 4) is 0 Å². The molecule has 26 heavy (non-hydrogen) atoms. The molecule has 0 aliphatic carbocycles. The molecule has 0 saturated carbocycles. The van der Waals surface area contributed by atoms with Crippen molar-refractivity contribution in [2.75, 3.05) is 0 Å². The summed E-state index contributed by atoms with van der Waals surface area (Å²) in [4.78, 5) is 22.6. The molecule has 5 rings (SSSR count). The number of fused-ring (bicyclic) bond motifs is 6. The largest absolute Gasteiger partial charge is 0.437 e. The van der Waals surface area contributed by atoms with Crippen molar-refractivity contribution >= 4 is 50.4 Å². The fraction of sp³-hybridized carbons (Fsp3) is 0.150. The summed E-state index contributed by atoms with van der Waals surface area (Å²) in [5.74, 6) is 0.833. The first-order valence-corrected chi connectivity index (χ1v) is 8.87. The fourth-order valence-corrected chi connectivity index (χ4v) is 3.62. The lowest BCUT2D eigenvalue weighted by Gasteiger charge is -2.08. The van der Waals surface area contributed by atoms with Gasteiger partial charge in [-0.1, -0.05) is 30.7 Å². The quantitative estimate of drug-likeness (QED) is 0.425. The maximum Gasteiger partial charge on any atom is 0.236 e. The molecule has 3 aromatic heterocycles. The molecule has 128 valence electrons. The molecule has 0 spiro atoms. The van der Waals surface area contributed by atoms with Crippen LogP contribution in [0.25, 0.3) is 38.7 Å². The van der Waals surface area contributed by atoms with Crippen molar-refractivity contribution in [3.05, 3.63) is 63.5 Å². The number of hydrogen-bond acceptors (Lipinski definition) is 4. The molecule has 3 heterocycles. The number of aromatic nitrogens is 3. The third kappa shape index (κ3) is 2.07. The molecule has 0 saturated heterocycles. The number of halogens is 1. The maximum atomic E-state index is 13.2. The zero-order chi connectivity index (χ0) is 17.8. The third-order valence-electron chi connectivity index (χ3n) is 4.58. The third-order valence-corrected chi connectivity index (χ3v) is 4.82. The Morgan fingerprint density at radius 2 is 2.00 bits per heavy atom. The van der Waals surface area contributed by atoms with Crippen LogP contribution in [0.1, 0.15) is 19.2 Å². The Morgan fingerprint density at radius 1 is 1.15 bits per heavy atom. The van der Waals surface area contributed by atoms with E-state index in [-0.39, 0.29) is 5.43 Å². The molecule has 0 atom stereocenters. The summed E-state index contributed by atoms with van der Waals surface area (Å²) in [6.45, 7) is 2.09. The molecule has 2 aromatic carbocycles. The topological polar surface area (TPSA) is 60.4 Å². The van der Waals surface area contributed by atoms with E-state index in [1.807, 2.05) is 28.7 Å². The summed E-state index contributed by atoms with van der Waals surface area (Å²) in [6, 6.07) is 12.8.